The van der Waals surface area contributed by atoms with Crippen molar-refractivity contribution in [1.82, 2.24) is 14.5 Å². The SMILES string of the molecule is CN1CCCN(c2ccc3ncn(-c4cc(Nc5cc(F)cc(N6CCOCC6)c5)ccc4F)c(=O)c3c2)CC1. The van der Waals surface area contributed by atoms with Gasteiger partial charge in [-0.15, -0.1) is 0 Å². The van der Waals surface area contributed by atoms with Crippen LogP contribution in [0, 0.1) is 11.6 Å². The Morgan fingerprint density at radius 3 is 2.50 bits per heavy atom. The monoisotopic (exact) mass is 546 g/mol. The van der Waals surface area contributed by atoms with Gasteiger partial charge in [0.15, 0.2) is 0 Å². The Hall–Kier alpha value is -4.02. The van der Waals surface area contributed by atoms with E-state index in [0.717, 1.165) is 44.0 Å². The van der Waals surface area contributed by atoms with Gasteiger partial charge < -0.3 is 24.8 Å². The summed E-state index contributed by atoms with van der Waals surface area (Å²) in [7, 11) is 2.11. The molecule has 0 saturated carbocycles. The van der Waals surface area contributed by atoms with Gasteiger partial charge in [0.1, 0.15) is 18.0 Å². The standard InChI is InChI=1S/C30H32F2N6O2/c1-35-7-2-8-36(10-9-35)24-4-6-28-26(19-24)30(39)38(20-33-28)29-18-22(3-5-27(29)32)34-23-15-21(31)16-25(17-23)37-11-13-40-14-12-37/h3-6,15-20,34H,2,7-14H2,1H3. The smallest absolute Gasteiger partial charge is 0.265 e. The molecule has 0 spiro atoms. The summed E-state index contributed by atoms with van der Waals surface area (Å²) in [6, 6.07) is 14.8. The second-order valence-corrected chi connectivity index (χ2v) is 10.4. The number of benzene rings is 3. The Morgan fingerprint density at radius 1 is 0.825 bits per heavy atom. The molecule has 208 valence electrons. The number of morpholine rings is 1. The Balaban J connectivity index is 1.31. The first kappa shape index (κ1) is 26.2. The molecule has 0 bridgehead atoms. The average Bonchev–Trinajstić information content (AvgIpc) is 3.19. The van der Waals surface area contributed by atoms with Gasteiger partial charge in [0, 0.05) is 55.5 Å². The minimum atomic E-state index is -0.561. The lowest BCUT2D eigenvalue weighted by Crippen LogP contribution is -2.36. The van der Waals surface area contributed by atoms with Crippen LogP contribution < -0.4 is 20.7 Å². The van der Waals surface area contributed by atoms with Gasteiger partial charge in [-0.25, -0.2) is 13.8 Å². The third-order valence-corrected chi connectivity index (χ3v) is 7.58. The molecule has 2 saturated heterocycles. The minimum absolute atomic E-state index is 0.0657. The van der Waals surface area contributed by atoms with Crippen LogP contribution in [0.5, 0.6) is 0 Å². The molecule has 4 aromatic rings. The van der Waals surface area contributed by atoms with Crippen molar-refractivity contribution in [2.75, 3.05) is 74.6 Å². The fourth-order valence-corrected chi connectivity index (χ4v) is 5.38. The maximum absolute atomic E-state index is 15.1. The van der Waals surface area contributed by atoms with Crippen LogP contribution in [0.2, 0.25) is 0 Å². The number of rotatable bonds is 5. The third kappa shape index (κ3) is 5.50. The molecule has 2 aliphatic heterocycles. The van der Waals surface area contributed by atoms with Gasteiger partial charge in [0.2, 0.25) is 0 Å². The molecular formula is C30H32F2N6O2. The Morgan fingerprint density at radius 2 is 1.65 bits per heavy atom. The van der Waals surface area contributed by atoms with Crippen molar-refractivity contribution in [3.63, 3.8) is 0 Å². The molecule has 2 aliphatic rings. The number of hydrogen-bond donors (Lipinski definition) is 1. The zero-order chi connectivity index (χ0) is 27.6. The van der Waals surface area contributed by atoms with Crippen molar-refractivity contribution in [1.29, 1.82) is 0 Å². The van der Waals surface area contributed by atoms with E-state index in [1.165, 1.54) is 35.2 Å². The first-order valence-corrected chi connectivity index (χ1v) is 13.6. The molecule has 6 rings (SSSR count). The first-order valence-electron chi connectivity index (χ1n) is 13.6. The summed E-state index contributed by atoms with van der Waals surface area (Å²) >= 11 is 0. The fraction of sp³-hybridized carbons (Fsp3) is 0.333. The lowest BCUT2D eigenvalue weighted by molar-refractivity contribution is 0.122. The summed E-state index contributed by atoms with van der Waals surface area (Å²) in [4.78, 5) is 24.7. The van der Waals surface area contributed by atoms with Crippen molar-refractivity contribution in [2.45, 2.75) is 6.42 Å². The predicted octanol–water partition coefficient (Wildman–Crippen LogP) is 4.39. The molecule has 1 aromatic heterocycles. The van der Waals surface area contributed by atoms with E-state index in [4.69, 9.17) is 4.74 Å². The van der Waals surface area contributed by atoms with E-state index in [9.17, 15) is 9.18 Å². The van der Waals surface area contributed by atoms with E-state index in [1.54, 1.807) is 6.07 Å². The lowest BCUT2D eigenvalue weighted by Gasteiger charge is -2.29. The summed E-state index contributed by atoms with van der Waals surface area (Å²) in [5.74, 6) is -0.940. The van der Waals surface area contributed by atoms with Crippen molar-refractivity contribution in [3.8, 4) is 5.69 Å². The van der Waals surface area contributed by atoms with Crippen molar-refractivity contribution < 1.29 is 13.5 Å². The topological polar surface area (TPSA) is 65.9 Å². The van der Waals surface area contributed by atoms with E-state index in [2.05, 4.69) is 32.0 Å². The third-order valence-electron chi connectivity index (χ3n) is 7.58. The van der Waals surface area contributed by atoms with Crippen LogP contribution >= 0.6 is 0 Å². The zero-order valence-corrected chi connectivity index (χ0v) is 22.4. The van der Waals surface area contributed by atoms with E-state index in [1.807, 2.05) is 24.3 Å². The molecule has 0 unspecified atom stereocenters. The van der Waals surface area contributed by atoms with Crippen molar-refractivity contribution in [3.05, 3.63) is 82.9 Å². The number of hydrogen-bond acceptors (Lipinski definition) is 7. The Kier molecular flexibility index (Phi) is 7.36. The van der Waals surface area contributed by atoms with Crippen LogP contribution in [0.3, 0.4) is 0 Å². The van der Waals surface area contributed by atoms with Crippen LogP contribution in [0.4, 0.5) is 31.5 Å². The molecule has 3 heterocycles. The van der Waals surface area contributed by atoms with E-state index in [-0.39, 0.29) is 17.1 Å². The molecule has 0 radical (unpaired) electrons. The highest BCUT2D eigenvalue weighted by atomic mass is 19.1. The van der Waals surface area contributed by atoms with E-state index < -0.39 is 5.82 Å². The van der Waals surface area contributed by atoms with E-state index >= 15 is 4.39 Å². The minimum Gasteiger partial charge on any atom is -0.378 e. The second kappa shape index (κ2) is 11.2. The van der Waals surface area contributed by atoms with Crippen LogP contribution in [-0.4, -0.2) is 74.0 Å². The molecule has 10 heteroatoms. The molecule has 0 atom stereocenters. The maximum Gasteiger partial charge on any atom is 0.265 e. The first-order chi connectivity index (χ1) is 19.4. The number of halogens is 2. The largest absolute Gasteiger partial charge is 0.378 e. The van der Waals surface area contributed by atoms with Gasteiger partial charge in [-0.3, -0.25) is 9.36 Å². The number of nitrogens with zero attached hydrogens (tertiary/aromatic N) is 5. The normalized spacial score (nSPS) is 16.8. The molecule has 0 amide bonds. The highest BCUT2D eigenvalue weighted by Crippen LogP contribution is 2.27. The average molecular weight is 547 g/mol. The molecule has 40 heavy (non-hydrogen) atoms. The maximum atomic E-state index is 15.1. The number of likely N-dealkylation sites (N-methyl/N-ethyl adjacent to an activating group) is 1. The summed E-state index contributed by atoms with van der Waals surface area (Å²) in [5.41, 5.74) is 3.01. The van der Waals surface area contributed by atoms with Crippen molar-refractivity contribution >= 4 is 33.7 Å². The van der Waals surface area contributed by atoms with Crippen LogP contribution in [0.25, 0.3) is 16.6 Å². The Labute approximate surface area is 231 Å². The van der Waals surface area contributed by atoms with Gasteiger partial charge in [-0.2, -0.15) is 0 Å². The van der Waals surface area contributed by atoms with Crippen molar-refractivity contribution in [2.24, 2.45) is 0 Å². The van der Waals surface area contributed by atoms with Crippen LogP contribution in [-0.2, 0) is 4.74 Å². The second-order valence-electron chi connectivity index (χ2n) is 10.4. The lowest BCUT2D eigenvalue weighted by atomic mass is 10.2. The zero-order valence-electron chi connectivity index (χ0n) is 22.4. The molecule has 2 fully saturated rings. The fourth-order valence-electron chi connectivity index (χ4n) is 5.38. The van der Waals surface area contributed by atoms with Gasteiger partial charge in [0.25, 0.3) is 5.56 Å². The molecule has 0 aliphatic carbocycles. The molecule has 1 N–H and O–H groups in total. The van der Waals surface area contributed by atoms with Gasteiger partial charge >= 0.3 is 0 Å². The Bertz CT molecular complexity index is 1590. The summed E-state index contributed by atoms with van der Waals surface area (Å²) < 4.78 is 36.2. The number of nitrogens with one attached hydrogen (secondary N) is 1. The van der Waals surface area contributed by atoms with Gasteiger partial charge in [0.05, 0.1) is 29.8 Å². The highest BCUT2D eigenvalue weighted by Gasteiger charge is 2.17. The predicted molar refractivity (Wildman–Crippen MR) is 154 cm³/mol. The quantitative estimate of drug-likeness (QED) is 0.399. The summed E-state index contributed by atoms with van der Waals surface area (Å²) in [6.45, 7) is 6.28. The number of aromatic nitrogens is 2. The molecule has 8 nitrogen and oxygen atoms in total. The molecular weight excluding hydrogens is 514 g/mol. The molecule has 3 aromatic carbocycles. The number of anilines is 4. The number of ether oxygens (including phenoxy) is 1. The van der Waals surface area contributed by atoms with E-state index in [0.29, 0.717) is 48.6 Å². The highest BCUT2D eigenvalue weighted by molar-refractivity contribution is 5.82. The number of fused-ring (bicyclic) bond motifs is 1. The van der Waals surface area contributed by atoms with Crippen LogP contribution in [0.15, 0.2) is 65.7 Å². The summed E-state index contributed by atoms with van der Waals surface area (Å²) in [5, 5.41) is 3.60. The van der Waals surface area contributed by atoms with Gasteiger partial charge in [-0.05, 0) is 74.6 Å². The van der Waals surface area contributed by atoms with Gasteiger partial charge in [-0.1, -0.05) is 0 Å². The summed E-state index contributed by atoms with van der Waals surface area (Å²) in [6.07, 6.45) is 2.39. The van der Waals surface area contributed by atoms with Crippen LogP contribution in [0.1, 0.15) is 6.42 Å².